The van der Waals surface area contributed by atoms with Crippen molar-refractivity contribution in [1.82, 2.24) is 14.4 Å². The van der Waals surface area contributed by atoms with E-state index in [1.54, 1.807) is 24.4 Å². The monoisotopic (exact) mass is 517 g/mol. The van der Waals surface area contributed by atoms with Gasteiger partial charge in [0, 0.05) is 30.4 Å². The molecule has 1 atom stereocenters. The van der Waals surface area contributed by atoms with E-state index < -0.39 is 40.0 Å². The van der Waals surface area contributed by atoms with Crippen LogP contribution in [0.1, 0.15) is 29.6 Å². The van der Waals surface area contributed by atoms with Crippen molar-refractivity contribution in [1.29, 1.82) is 0 Å². The van der Waals surface area contributed by atoms with E-state index in [4.69, 9.17) is 4.74 Å². The maximum atomic E-state index is 12.7. The highest BCUT2D eigenvalue weighted by molar-refractivity contribution is 7.89. The zero-order valence-electron chi connectivity index (χ0n) is 19.6. The molecular formula is C24H29N4O7S+. The third kappa shape index (κ3) is 7.13. The van der Waals surface area contributed by atoms with Crippen molar-refractivity contribution in [3.8, 4) is 5.75 Å². The zero-order chi connectivity index (χ0) is 26.1. The third-order valence-electron chi connectivity index (χ3n) is 5.32. The maximum Gasteiger partial charge on any atom is 0.323 e. The van der Waals surface area contributed by atoms with Gasteiger partial charge in [-0.3, -0.25) is 18.8 Å². The van der Waals surface area contributed by atoms with Crippen molar-refractivity contribution in [2.24, 2.45) is 0 Å². The molecule has 0 aliphatic heterocycles. The van der Waals surface area contributed by atoms with Crippen molar-refractivity contribution in [3.63, 3.8) is 0 Å². The number of carbonyl (C=O) groups is 2. The number of sulfonamides is 1. The number of quaternary nitrogens is 1. The smallest absolute Gasteiger partial charge is 0.323 e. The molecule has 0 saturated carbocycles. The van der Waals surface area contributed by atoms with Crippen molar-refractivity contribution < 1.29 is 33.6 Å². The lowest BCUT2D eigenvalue weighted by atomic mass is 10.2. The van der Waals surface area contributed by atoms with Crippen LogP contribution >= 0.6 is 0 Å². The highest BCUT2D eigenvalue weighted by Crippen LogP contribution is 2.15. The molecule has 0 spiro atoms. The van der Waals surface area contributed by atoms with Gasteiger partial charge in [-0.1, -0.05) is 18.2 Å². The van der Waals surface area contributed by atoms with E-state index >= 15 is 0 Å². The molecule has 1 aromatic carbocycles. The molecule has 6 N–H and O–H groups in total. The molecule has 0 radical (unpaired) electrons. The Labute approximate surface area is 207 Å². The number of benzene rings is 1. The van der Waals surface area contributed by atoms with Gasteiger partial charge in [0.1, 0.15) is 11.8 Å². The number of carboxylic acid groups (broad SMARTS) is 1. The van der Waals surface area contributed by atoms with Gasteiger partial charge >= 0.3 is 5.97 Å². The molecule has 0 fully saturated rings. The van der Waals surface area contributed by atoms with Gasteiger partial charge in [0.25, 0.3) is 11.5 Å². The van der Waals surface area contributed by atoms with E-state index in [9.17, 15) is 27.9 Å². The number of nitrogens with one attached hydrogen (secondary N) is 2. The average molecular weight is 518 g/mol. The minimum absolute atomic E-state index is 0.00245. The molecule has 36 heavy (non-hydrogen) atoms. The number of fused-ring (bicyclic) bond motifs is 1. The Hall–Kier alpha value is -3.74. The van der Waals surface area contributed by atoms with E-state index in [1.807, 2.05) is 0 Å². The molecule has 192 valence electrons. The number of aliphatic carboxylic acids is 1. The number of carbonyl (C=O) groups excluding carboxylic acids is 1. The molecule has 0 saturated heterocycles. The number of pyridine rings is 2. The molecular weight excluding hydrogens is 488 g/mol. The second-order valence-electron chi connectivity index (χ2n) is 8.04. The quantitative estimate of drug-likeness (QED) is 0.235. The van der Waals surface area contributed by atoms with E-state index in [2.05, 4.69) is 15.8 Å². The standard InChI is InChI=1S/C24H28N4O7S/c25-10-5-2-6-12-35-19-9-11-28-18(15-19)13-17(14-22(28)29)23(30)26-16-21(24(31)32)27-36(33,34)20-7-3-1-4-8-20/h1,3-4,7-9,11,13-15,21,27H,2,5-6,10,12,16,25H2,(H,26,30)(H,31,32)/p+1/t21-/m0/s1. The first-order chi connectivity index (χ1) is 17.2. The van der Waals surface area contributed by atoms with Crippen LogP contribution in [0.25, 0.3) is 5.52 Å². The van der Waals surface area contributed by atoms with E-state index in [0.717, 1.165) is 31.9 Å². The summed E-state index contributed by atoms with van der Waals surface area (Å²) in [5.74, 6) is -1.65. The lowest BCUT2D eigenvalue weighted by Gasteiger charge is -2.16. The lowest BCUT2D eigenvalue weighted by Crippen LogP contribution is -2.50. The molecule has 2 heterocycles. The Morgan fingerprint density at radius 3 is 2.50 bits per heavy atom. The number of hydrogen-bond donors (Lipinski definition) is 4. The first-order valence-electron chi connectivity index (χ1n) is 11.4. The number of hydrogen-bond acceptors (Lipinski definition) is 6. The number of ether oxygens (including phenoxy) is 1. The molecule has 1 amide bonds. The second-order valence-corrected chi connectivity index (χ2v) is 9.75. The highest BCUT2D eigenvalue weighted by atomic mass is 32.2. The van der Waals surface area contributed by atoms with Gasteiger partial charge < -0.3 is 20.9 Å². The molecule has 3 aromatic rings. The van der Waals surface area contributed by atoms with Crippen LogP contribution in [0.2, 0.25) is 0 Å². The van der Waals surface area contributed by atoms with Crippen LogP contribution in [0, 0.1) is 0 Å². The zero-order valence-corrected chi connectivity index (χ0v) is 20.4. The Bertz CT molecular complexity index is 1370. The van der Waals surface area contributed by atoms with E-state index in [0.29, 0.717) is 17.9 Å². The fourth-order valence-electron chi connectivity index (χ4n) is 3.41. The van der Waals surface area contributed by atoms with Crippen LogP contribution in [-0.4, -0.2) is 55.5 Å². The average Bonchev–Trinajstić information content (AvgIpc) is 2.86. The van der Waals surface area contributed by atoms with Crippen LogP contribution in [0.15, 0.2) is 70.5 Å². The third-order valence-corrected chi connectivity index (χ3v) is 6.80. The fourth-order valence-corrected chi connectivity index (χ4v) is 4.62. The van der Waals surface area contributed by atoms with Crippen molar-refractivity contribution in [3.05, 3.63) is 76.7 Å². The summed E-state index contributed by atoms with van der Waals surface area (Å²) in [6.45, 7) is 0.849. The SMILES string of the molecule is [NH3+]CCCCCOc1ccn2c(=O)cc(C(=O)NC[C@H](NS(=O)(=O)c3ccccc3)C(=O)O)cc2c1. The summed E-state index contributed by atoms with van der Waals surface area (Å²) in [5, 5.41) is 11.8. The van der Waals surface area contributed by atoms with Gasteiger partial charge in [-0.15, -0.1) is 0 Å². The predicted molar refractivity (Wildman–Crippen MR) is 131 cm³/mol. The van der Waals surface area contributed by atoms with E-state index in [-0.39, 0.29) is 10.5 Å². The Morgan fingerprint density at radius 2 is 1.81 bits per heavy atom. The fraction of sp³-hybridized carbons (Fsp3) is 0.292. The number of rotatable bonds is 13. The van der Waals surface area contributed by atoms with Gasteiger partial charge in [0.2, 0.25) is 10.0 Å². The summed E-state index contributed by atoms with van der Waals surface area (Å²) in [7, 11) is -4.12. The highest BCUT2D eigenvalue weighted by Gasteiger charge is 2.26. The van der Waals surface area contributed by atoms with E-state index in [1.165, 1.54) is 34.7 Å². The van der Waals surface area contributed by atoms with Gasteiger partial charge in [-0.25, -0.2) is 8.42 Å². The largest absolute Gasteiger partial charge is 0.493 e. The van der Waals surface area contributed by atoms with Crippen LogP contribution in [0.5, 0.6) is 5.75 Å². The summed E-state index contributed by atoms with van der Waals surface area (Å²) >= 11 is 0. The topological polar surface area (TPSA) is 171 Å². The van der Waals surface area contributed by atoms with Crippen LogP contribution in [0.3, 0.4) is 0 Å². The molecule has 0 aliphatic carbocycles. The minimum Gasteiger partial charge on any atom is -0.493 e. The van der Waals surface area contributed by atoms with Crippen molar-refractivity contribution >= 4 is 27.4 Å². The van der Waals surface area contributed by atoms with Gasteiger partial charge in [0.15, 0.2) is 0 Å². The molecule has 2 aromatic heterocycles. The molecule has 0 bridgehead atoms. The number of nitrogens with zero attached hydrogens (tertiary/aromatic N) is 1. The number of amides is 1. The van der Waals surface area contributed by atoms with Crippen LogP contribution < -0.4 is 26.1 Å². The summed E-state index contributed by atoms with van der Waals surface area (Å²) < 4.78 is 34.1. The van der Waals surface area contributed by atoms with Gasteiger partial charge in [-0.2, -0.15) is 4.72 Å². The Morgan fingerprint density at radius 1 is 1.06 bits per heavy atom. The molecule has 3 rings (SSSR count). The maximum absolute atomic E-state index is 12.7. The first kappa shape index (κ1) is 26.9. The number of aromatic nitrogens is 1. The number of carboxylic acids is 1. The summed E-state index contributed by atoms with van der Waals surface area (Å²) in [6, 6.07) is 11.5. The van der Waals surface area contributed by atoms with Gasteiger partial charge in [0.05, 0.1) is 23.6 Å². The Kier molecular flexibility index (Phi) is 9.17. The molecule has 12 heteroatoms. The van der Waals surface area contributed by atoms with Crippen molar-refractivity contribution in [2.75, 3.05) is 19.7 Å². The van der Waals surface area contributed by atoms with Crippen LogP contribution in [-0.2, 0) is 14.8 Å². The second kappa shape index (κ2) is 12.3. The molecule has 11 nitrogen and oxygen atoms in total. The van der Waals surface area contributed by atoms with Crippen molar-refractivity contribution in [2.45, 2.75) is 30.2 Å². The summed E-state index contributed by atoms with van der Waals surface area (Å²) in [6.07, 6.45) is 4.43. The molecule has 0 aliphatic rings. The van der Waals surface area contributed by atoms with Gasteiger partial charge in [-0.05, 0) is 43.5 Å². The number of unbranched alkanes of at least 4 members (excludes halogenated alkanes) is 2. The predicted octanol–water partition coefficient (Wildman–Crippen LogP) is 0.252. The van der Waals surface area contributed by atoms with Crippen LogP contribution in [0.4, 0.5) is 0 Å². The normalized spacial score (nSPS) is 12.2. The first-order valence-corrected chi connectivity index (χ1v) is 12.9. The molecule has 0 unspecified atom stereocenters. The summed E-state index contributed by atoms with van der Waals surface area (Å²) in [4.78, 5) is 36.7. The minimum atomic E-state index is -4.12. The lowest BCUT2D eigenvalue weighted by molar-refractivity contribution is -0.368. The summed E-state index contributed by atoms with van der Waals surface area (Å²) in [5.41, 5.74) is 3.76. The Balaban J connectivity index is 1.70.